The molecule has 78 valence electrons. The van der Waals surface area contributed by atoms with E-state index in [1.54, 1.807) is 0 Å². The largest absolute Gasteiger partial charge is 0.388 e. The molecule has 2 fully saturated rings. The summed E-state index contributed by atoms with van der Waals surface area (Å²) in [5, 5.41) is 19.6. The lowest BCUT2D eigenvalue weighted by molar-refractivity contribution is -0.0731. The Morgan fingerprint density at radius 1 is 1.43 bits per heavy atom. The molecule has 1 N–H and O–H groups in total. The van der Waals surface area contributed by atoms with Gasteiger partial charge in [0.2, 0.25) is 0 Å². The molecule has 0 aromatic heterocycles. The quantitative estimate of drug-likeness (QED) is 0.681. The summed E-state index contributed by atoms with van der Waals surface area (Å²) in [5.41, 5.74) is -1.11. The molecule has 1 aliphatic heterocycles. The molecular weight excluding hydrogens is 176 g/mol. The molecular formula is C11H18N2O. The van der Waals surface area contributed by atoms with Crippen LogP contribution in [0.25, 0.3) is 0 Å². The van der Waals surface area contributed by atoms with Crippen molar-refractivity contribution in [2.24, 2.45) is 5.41 Å². The summed E-state index contributed by atoms with van der Waals surface area (Å²) in [6, 6.07) is 2.72. The average Bonchev–Trinajstić information content (AvgIpc) is 2.93. The molecule has 0 amide bonds. The third-order valence-electron chi connectivity index (χ3n) is 4.12. The van der Waals surface area contributed by atoms with Crippen LogP contribution in [-0.2, 0) is 0 Å². The Balaban J connectivity index is 2.15. The van der Waals surface area contributed by atoms with Crippen molar-refractivity contribution in [2.75, 3.05) is 13.6 Å². The summed E-state index contributed by atoms with van der Waals surface area (Å²) in [6.45, 7) is 3.03. The van der Waals surface area contributed by atoms with Crippen molar-refractivity contribution >= 4 is 0 Å². The highest BCUT2D eigenvalue weighted by molar-refractivity contribution is 5.21. The molecule has 1 saturated carbocycles. The van der Waals surface area contributed by atoms with Gasteiger partial charge in [0.1, 0.15) is 0 Å². The van der Waals surface area contributed by atoms with Crippen LogP contribution >= 0.6 is 0 Å². The first-order valence-corrected chi connectivity index (χ1v) is 5.37. The fourth-order valence-electron chi connectivity index (χ4n) is 2.57. The molecule has 0 spiro atoms. The van der Waals surface area contributed by atoms with E-state index in [4.69, 9.17) is 5.26 Å². The molecule has 2 rings (SSSR count). The number of nitrogens with zero attached hydrogens (tertiary/aromatic N) is 2. The Hall–Kier alpha value is -0.590. The minimum Gasteiger partial charge on any atom is -0.388 e. The topological polar surface area (TPSA) is 47.3 Å². The van der Waals surface area contributed by atoms with Crippen LogP contribution in [-0.4, -0.2) is 35.2 Å². The monoisotopic (exact) mass is 194 g/mol. The number of piperidine rings is 1. The summed E-state index contributed by atoms with van der Waals surface area (Å²) >= 11 is 0. The first kappa shape index (κ1) is 9.95. The number of rotatable bonds is 1. The Morgan fingerprint density at radius 2 is 2.07 bits per heavy atom. The normalized spacial score (nSPS) is 41.7. The molecule has 2 aliphatic rings. The standard InChI is InChI=1S/C11H18N2O/c1-9-7-11(14,5-6-13(9)2)10(8-12)3-4-10/h9,14H,3-7H2,1-2H3. The second-order valence-electron chi connectivity index (χ2n) is 5.01. The van der Waals surface area contributed by atoms with Crippen LogP contribution in [0.2, 0.25) is 0 Å². The van der Waals surface area contributed by atoms with Gasteiger partial charge in [0, 0.05) is 12.6 Å². The van der Waals surface area contributed by atoms with Gasteiger partial charge in [-0.1, -0.05) is 0 Å². The lowest BCUT2D eigenvalue weighted by atomic mass is 9.75. The average molecular weight is 194 g/mol. The van der Waals surface area contributed by atoms with Crippen molar-refractivity contribution in [1.82, 2.24) is 4.90 Å². The van der Waals surface area contributed by atoms with E-state index in [0.29, 0.717) is 6.04 Å². The van der Waals surface area contributed by atoms with Crippen molar-refractivity contribution in [3.63, 3.8) is 0 Å². The second kappa shape index (κ2) is 2.95. The van der Waals surface area contributed by atoms with E-state index in [9.17, 15) is 5.11 Å². The molecule has 2 unspecified atom stereocenters. The predicted octanol–water partition coefficient (Wildman–Crippen LogP) is 1.14. The summed E-state index contributed by atoms with van der Waals surface area (Å²) in [5.74, 6) is 0. The fourth-order valence-corrected chi connectivity index (χ4v) is 2.57. The minimum absolute atomic E-state index is 0.388. The fraction of sp³-hybridized carbons (Fsp3) is 0.909. The number of hydrogen-bond donors (Lipinski definition) is 1. The van der Waals surface area contributed by atoms with Crippen LogP contribution in [0.4, 0.5) is 0 Å². The minimum atomic E-state index is -0.715. The number of aliphatic hydroxyl groups is 1. The zero-order chi connectivity index (χ0) is 10.4. The molecule has 3 heteroatoms. The zero-order valence-electron chi connectivity index (χ0n) is 8.95. The van der Waals surface area contributed by atoms with E-state index in [1.807, 2.05) is 0 Å². The molecule has 1 heterocycles. The van der Waals surface area contributed by atoms with Gasteiger partial charge >= 0.3 is 0 Å². The van der Waals surface area contributed by atoms with Crippen LogP contribution in [0.5, 0.6) is 0 Å². The smallest absolute Gasteiger partial charge is 0.0862 e. The van der Waals surface area contributed by atoms with Gasteiger partial charge in [0.15, 0.2) is 0 Å². The van der Waals surface area contributed by atoms with E-state index in [-0.39, 0.29) is 0 Å². The Kier molecular flexibility index (Phi) is 2.09. The Labute approximate surface area is 85.3 Å². The maximum absolute atomic E-state index is 10.5. The van der Waals surface area contributed by atoms with Gasteiger partial charge in [-0.25, -0.2) is 0 Å². The molecule has 0 radical (unpaired) electrons. The molecule has 0 aromatic rings. The number of likely N-dealkylation sites (tertiary alicyclic amines) is 1. The maximum atomic E-state index is 10.5. The van der Waals surface area contributed by atoms with Crippen molar-refractivity contribution in [3.05, 3.63) is 0 Å². The van der Waals surface area contributed by atoms with E-state index in [2.05, 4.69) is 24.9 Å². The SMILES string of the molecule is CC1CC(O)(C2(C#N)CC2)CCN1C. The third-order valence-corrected chi connectivity index (χ3v) is 4.12. The van der Waals surface area contributed by atoms with Crippen LogP contribution in [0, 0.1) is 16.7 Å². The van der Waals surface area contributed by atoms with Crippen molar-refractivity contribution in [2.45, 2.75) is 44.2 Å². The maximum Gasteiger partial charge on any atom is 0.0862 e. The molecule has 1 saturated heterocycles. The molecule has 14 heavy (non-hydrogen) atoms. The van der Waals surface area contributed by atoms with Gasteiger partial charge in [-0.2, -0.15) is 5.26 Å². The van der Waals surface area contributed by atoms with E-state index >= 15 is 0 Å². The van der Waals surface area contributed by atoms with Crippen molar-refractivity contribution in [3.8, 4) is 6.07 Å². The van der Waals surface area contributed by atoms with Gasteiger partial charge in [-0.15, -0.1) is 0 Å². The first-order valence-electron chi connectivity index (χ1n) is 5.37. The molecule has 2 atom stereocenters. The summed E-state index contributed by atoms with van der Waals surface area (Å²) < 4.78 is 0. The van der Waals surface area contributed by atoms with E-state index in [0.717, 1.165) is 32.2 Å². The second-order valence-corrected chi connectivity index (χ2v) is 5.01. The van der Waals surface area contributed by atoms with Gasteiger partial charge < -0.3 is 10.0 Å². The van der Waals surface area contributed by atoms with Crippen LogP contribution in [0.15, 0.2) is 0 Å². The first-order chi connectivity index (χ1) is 6.53. The number of nitriles is 1. The van der Waals surface area contributed by atoms with Crippen LogP contribution in [0.1, 0.15) is 32.6 Å². The lowest BCUT2D eigenvalue weighted by Gasteiger charge is -2.43. The summed E-state index contributed by atoms with van der Waals surface area (Å²) in [4.78, 5) is 2.25. The Morgan fingerprint density at radius 3 is 2.50 bits per heavy atom. The van der Waals surface area contributed by atoms with E-state index in [1.165, 1.54) is 0 Å². The highest BCUT2D eigenvalue weighted by Crippen LogP contribution is 2.57. The summed E-state index contributed by atoms with van der Waals surface area (Å²) in [6.07, 6.45) is 3.27. The molecule has 1 aliphatic carbocycles. The predicted molar refractivity (Wildman–Crippen MR) is 53.6 cm³/mol. The van der Waals surface area contributed by atoms with Crippen LogP contribution in [0.3, 0.4) is 0 Å². The summed E-state index contributed by atoms with van der Waals surface area (Å²) in [7, 11) is 2.08. The molecule has 0 bridgehead atoms. The third kappa shape index (κ3) is 1.25. The van der Waals surface area contributed by atoms with Crippen LogP contribution < -0.4 is 0 Å². The van der Waals surface area contributed by atoms with E-state index < -0.39 is 11.0 Å². The molecule has 0 aromatic carbocycles. The van der Waals surface area contributed by atoms with Gasteiger partial charge in [0.05, 0.1) is 17.1 Å². The van der Waals surface area contributed by atoms with Crippen molar-refractivity contribution < 1.29 is 5.11 Å². The molecule has 3 nitrogen and oxygen atoms in total. The van der Waals surface area contributed by atoms with Gasteiger partial charge in [0.25, 0.3) is 0 Å². The van der Waals surface area contributed by atoms with Crippen molar-refractivity contribution in [1.29, 1.82) is 5.26 Å². The number of hydrogen-bond acceptors (Lipinski definition) is 3. The zero-order valence-corrected chi connectivity index (χ0v) is 8.95. The van der Waals surface area contributed by atoms with Gasteiger partial charge in [-0.05, 0) is 39.7 Å². The lowest BCUT2D eigenvalue weighted by Crippen LogP contribution is -2.52. The van der Waals surface area contributed by atoms with Gasteiger partial charge in [-0.3, -0.25) is 0 Å². The Bertz CT molecular complexity index is 280. The highest BCUT2D eigenvalue weighted by Gasteiger charge is 2.60. The highest BCUT2D eigenvalue weighted by atomic mass is 16.3.